The van der Waals surface area contributed by atoms with Gasteiger partial charge in [0.15, 0.2) is 0 Å². The molecule has 2 fully saturated rings. The third-order valence-corrected chi connectivity index (χ3v) is 6.84. The van der Waals surface area contributed by atoms with E-state index in [1.165, 1.54) is 9.80 Å². The molecule has 2 unspecified atom stereocenters. The molecular weight excluding hydrogens is 480 g/mol. The Labute approximate surface area is 219 Å². The number of likely N-dealkylation sites (tertiary alicyclic amines) is 2. The molecule has 6 amide bonds. The molecule has 2 N–H and O–H groups in total. The van der Waals surface area contributed by atoms with E-state index in [0.717, 1.165) is 0 Å². The molecule has 0 saturated carbocycles. The second-order valence-corrected chi connectivity index (χ2v) is 11.8. The number of imide groups is 2. The van der Waals surface area contributed by atoms with Gasteiger partial charge in [-0.25, -0.2) is 0 Å². The fourth-order valence-corrected chi connectivity index (χ4v) is 4.42. The summed E-state index contributed by atoms with van der Waals surface area (Å²) < 4.78 is 5.39. The highest BCUT2D eigenvalue weighted by Crippen LogP contribution is 2.36. The zero-order chi connectivity index (χ0) is 28.0. The van der Waals surface area contributed by atoms with Crippen molar-refractivity contribution in [2.45, 2.75) is 67.2 Å². The number of hydrogen-bond donors (Lipinski definition) is 2. The number of hydrogen-bond acceptors (Lipinski definition) is 7. The van der Waals surface area contributed by atoms with Crippen LogP contribution in [0.1, 0.15) is 67.2 Å². The predicted octanol–water partition coefficient (Wildman–Crippen LogP) is 0.858. The molecule has 0 aliphatic carbocycles. The lowest BCUT2D eigenvalue weighted by molar-refractivity contribution is -0.142. The third kappa shape index (κ3) is 8.62. The highest BCUT2D eigenvalue weighted by atomic mass is 16.5. The van der Waals surface area contributed by atoms with Crippen molar-refractivity contribution in [1.29, 1.82) is 0 Å². The zero-order valence-electron chi connectivity index (χ0n) is 23.0. The van der Waals surface area contributed by atoms with E-state index in [1.54, 1.807) is 0 Å². The molecule has 0 spiro atoms. The molecule has 2 heterocycles. The van der Waals surface area contributed by atoms with Crippen LogP contribution < -0.4 is 10.6 Å². The van der Waals surface area contributed by atoms with Gasteiger partial charge in [-0.1, -0.05) is 41.5 Å². The highest BCUT2D eigenvalue weighted by Gasteiger charge is 2.45. The second-order valence-electron chi connectivity index (χ2n) is 11.8. The molecule has 0 aromatic heterocycles. The molecule has 0 aromatic carbocycles. The van der Waals surface area contributed by atoms with E-state index in [1.807, 2.05) is 41.5 Å². The van der Waals surface area contributed by atoms with Gasteiger partial charge in [0.2, 0.25) is 35.4 Å². The summed E-state index contributed by atoms with van der Waals surface area (Å²) in [6.45, 7) is 12.6. The van der Waals surface area contributed by atoms with E-state index in [2.05, 4.69) is 10.6 Å². The number of ether oxygens (including phenoxy) is 1. The minimum absolute atomic E-state index is 0.0307. The van der Waals surface area contributed by atoms with Crippen LogP contribution in [0.2, 0.25) is 0 Å². The monoisotopic (exact) mass is 522 g/mol. The van der Waals surface area contributed by atoms with Gasteiger partial charge in [-0.05, 0) is 10.8 Å². The third-order valence-electron chi connectivity index (χ3n) is 6.84. The van der Waals surface area contributed by atoms with E-state index < -0.39 is 0 Å². The summed E-state index contributed by atoms with van der Waals surface area (Å²) in [4.78, 5) is 75.6. The molecule has 208 valence electrons. The summed E-state index contributed by atoms with van der Waals surface area (Å²) in [5, 5.41) is 5.36. The molecule has 2 rings (SSSR count). The van der Waals surface area contributed by atoms with E-state index in [9.17, 15) is 28.8 Å². The first-order valence-electron chi connectivity index (χ1n) is 12.9. The van der Waals surface area contributed by atoms with Gasteiger partial charge in [0.1, 0.15) is 0 Å². The average Bonchev–Trinajstić information content (AvgIpc) is 3.24. The minimum atomic E-state index is -0.358. The summed E-state index contributed by atoms with van der Waals surface area (Å²) >= 11 is 0. The van der Waals surface area contributed by atoms with Crippen LogP contribution in [-0.2, 0) is 33.5 Å². The largest absolute Gasteiger partial charge is 0.378 e. The van der Waals surface area contributed by atoms with E-state index in [0.29, 0.717) is 0 Å². The van der Waals surface area contributed by atoms with Gasteiger partial charge in [0, 0.05) is 51.9 Å². The molecule has 2 atom stereocenters. The van der Waals surface area contributed by atoms with Crippen LogP contribution in [0.25, 0.3) is 0 Å². The summed E-state index contributed by atoms with van der Waals surface area (Å²) in [5.74, 6) is -2.20. The maximum Gasteiger partial charge on any atom is 0.233 e. The standard InChI is InChI=1S/C26H42N4O7/c1-25(2,3)17-15-21(33)29(23(17)35)11-7-19(31)27-9-13-37-14-10-28-20(32)8-12-30-22(34)16-18(24(30)36)26(4,5)6/h17-18H,7-16H2,1-6H3,(H,27,31)(H,28,32). The summed E-state index contributed by atoms with van der Waals surface area (Å²) in [7, 11) is 0. The Hall–Kier alpha value is -2.82. The van der Waals surface area contributed by atoms with Crippen LogP contribution in [0.4, 0.5) is 0 Å². The van der Waals surface area contributed by atoms with E-state index in [4.69, 9.17) is 4.74 Å². The van der Waals surface area contributed by atoms with Crippen LogP contribution in [0.15, 0.2) is 0 Å². The summed E-state index contributed by atoms with van der Waals surface area (Å²) in [6.07, 6.45) is 0.423. The Bertz CT molecular complexity index is 832. The fourth-order valence-electron chi connectivity index (χ4n) is 4.42. The number of carbonyl (C=O) groups is 6. The first kappa shape index (κ1) is 30.4. The molecule has 2 aliphatic rings. The first-order chi connectivity index (χ1) is 17.1. The van der Waals surface area contributed by atoms with Crippen molar-refractivity contribution >= 4 is 35.4 Å². The van der Waals surface area contributed by atoms with Crippen molar-refractivity contribution < 1.29 is 33.5 Å². The Balaban J connectivity index is 1.53. The highest BCUT2D eigenvalue weighted by molar-refractivity contribution is 6.04. The van der Waals surface area contributed by atoms with Crippen molar-refractivity contribution in [3.8, 4) is 0 Å². The second kappa shape index (κ2) is 12.6. The number of amides is 6. The Morgan fingerprint density at radius 3 is 1.38 bits per heavy atom. The van der Waals surface area contributed by atoms with Crippen LogP contribution in [-0.4, -0.2) is 84.6 Å². The van der Waals surface area contributed by atoms with E-state index in [-0.39, 0.29) is 123 Å². The van der Waals surface area contributed by atoms with Crippen molar-refractivity contribution in [2.75, 3.05) is 39.4 Å². The van der Waals surface area contributed by atoms with Crippen molar-refractivity contribution in [3.63, 3.8) is 0 Å². The van der Waals surface area contributed by atoms with E-state index >= 15 is 0 Å². The number of carbonyl (C=O) groups excluding carboxylic acids is 6. The van der Waals surface area contributed by atoms with Crippen LogP contribution in [0.5, 0.6) is 0 Å². The first-order valence-corrected chi connectivity index (χ1v) is 12.9. The maximum atomic E-state index is 12.5. The zero-order valence-corrected chi connectivity index (χ0v) is 23.0. The molecule has 2 aliphatic heterocycles. The van der Waals surface area contributed by atoms with Gasteiger partial charge in [0.25, 0.3) is 0 Å². The summed E-state index contributed by atoms with van der Waals surface area (Å²) in [6, 6.07) is 0. The van der Waals surface area contributed by atoms with Gasteiger partial charge in [-0.15, -0.1) is 0 Å². The minimum Gasteiger partial charge on any atom is -0.378 e. The van der Waals surface area contributed by atoms with Gasteiger partial charge in [-0.3, -0.25) is 38.6 Å². The van der Waals surface area contributed by atoms with Crippen molar-refractivity contribution in [2.24, 2.45) is 22.7 Å². The Morgan fingerprint density at radius 1 is 0.730 bits per heavy atom. The molecule has 11 heteroatoms. The van der Waals surface area contributed by atoms with Gasteiger partial charge >= 0.3 is 0 Å². The average molecular weight is 523 g/mol. The summed E-state index contributed by atoms with van der Waals surface area (Å²) in [5.41, 5.74) is -0.607. The topological polar surface area (TPSA) is 142 Å². The molecule has 0 radical (unpaired) electrons. The predicted molar refractivity (Wildman–Crippen MR) is 135 cm³/mol. The molecular formula is C26H42N4O7. The van der Waals surface area contributed by atoms with Gasteiger partial charge in [-0.2, -0.15) is 0 Å². The van der Waals surface area contributed by atoms with Crippen molar-refractivity contribution in [3.05, 3.63) is 0 Å². The smallest absolute Gasteiger partial charge is 0.233 e. The quantitative estimate of drug-likeness (QED) is 0.286. The number of nitrogens with one attached hydrogen (secondary N) is 2. The number of rotatable bonds is 12. The molecule has 2 saturated heterocycles. The van der Waals surface area contributed by atoms with Crippen LogP contribution >= 0.6 is 0 Å². The SMILES string of the molecule is CC(C)(C)C1CC(=O)N(CCC(=O)NCCOCCNC(=O)CCN2C(=O)CC(C(C)(C)C)C2=O)C1=O. The molecule has 37 heavy (non-hydrogen) atoms. The van der Waals surface area contributed by atoms with Crippen molar-refractivity contribution in [1.82, 2.24) is 20.4 Å². The Kier molecular flexibility index (Phi) is 10.4. The maximum absolute atomic E-state index is 12.5. The van der Waals surface area contributed by atoms with Crippen LogP contribution in [0.3, 0.4) is 0 Å². The lowest BCUT2D eigenvalue weighted by Gasteiger charge is -2.24. The lowest BCUT2D eigenvalue weighted by atomic mass is 9.80. The van der Waals surface area contributed by atoms with Gasteiger partial charge < -0.3 is 15.4 Å². The molecule has 11 nitrogen and oxygen atoms in total. The normalized spacial score (nSPS) is 20.7. The lowest BCUT2D eigenvalue weighted by Crippen LogP contribution is -2.38. The number of nitrogens with zero attached hydrogens (tertiary/aromatic N) is 2. The molecule has 0 aromatic rings. The Morgan fingerprint density at radius 2 is 1.08 bits per heavy atom. The van der Waals surface area contributed by atoms with Crippen LogP contribution in [0, 0.1) is 22.7 Å². The fraction of sp³-hybridized carbons (Fsp3) is 0.769. The molecule has 0 bridgehead atoms. The van der Waals surface area contributed by atoms with Gasteiger partial charge in [0.05, 0.1) is 25.0 Å².